The van der Waals surface area contributed by atoms with Crippen molar-refractivity contribution in [1.82, 2.24) is 9.80 Å². The molecule has 2 atom stereocenters. The van der Waals surface area contributed by atoms with Crippen molar-refractivity contribution >= 4 is 11.9 Å². The van der Waals surface area contributed by atoms with Gasteiger partial charge in [0.15, 0.2) is 0 Å². The zero-order chi connectivity index (χ0) is 14.6. The fourth-order valence-corrected chi connectivity index (χ4v) is 2.67. The molecule has 1 aliphatic rings. The molecule has 5 nitrogen and oxygen atoms in total. The van der Waals surface area contributed by atoms with Crippen LogP contribution in [0.2, 0.25) is 0 Å². The Bertz CT molecular complexity index is 331. The Morgan fingerprint density at radius 1 is 1.37 bits per heavy atom. The highest BCUT2D eigenvalue weighted by Crippen LogP contribution is 2.18. The average molecular weight is 270 g/mol. The van der Waals surface area contributed by atoms with E-state index in [-0.39, 0.29) is 18.5 Å². The summed E-state index contributed by atoms with van der Waals surface area (Å²) in [4.78, 5) is 26.8. The number of nitrogens with zero attached hydrogens (tertiary/aromatic N) is 2. The molecule has 0 aliphatic carbocycles. The number of carboxylic acids is 1. The average Bonchev–Trinajstić information content (AvgIpc) is 2.75. The lowest BCUT2D eigenvalue weighted by atomic mass is 10.0. The van der Waals surface area contributed by atoms with Crippen molar-refractivity contribution in [1.29, 1.82) is 0 Å². The molecular weight excluding hydrogens is 244 g/mol. The standard InChI is InChI=1S/C14H26N2O3/c1-10(2)8-11(3)15(4)13(17)9-16-7-5-6-12(16)14(18)19/h10-12H,5-9H2,1-4H3,(H,18,19)/t11?,12-/m1/s1. The van der Waals surface area contributed by atoms with Gasteiger partial charge in [-0.25, -0.2) is 0 Å². The summed E-state index contributed by atoms with van der Waals surface area (Å²) in [5.41, 5.74) is 0. The molecule has 1 heterocycles. The quantitative estimate of drug-likeness (QED) is 0.793. The normalized spacial score (nSPS) is 21.6. The van der Waals surface area contributed by atoms with Gasteiger partial charge in [-0.05, 0) is 38.6 Å². The van der Waals surface area contributed by atoms with Gasteiger partial charge in [0, 0.05) is 13.1 Å². The van der Waals surface area contributed by atoms with Crippen molar-refractivity contribution in [3.8, 4) is 0 Å². The van der Waals surface area contributed by atoms with Crippen LogP contribution in [0.4, 0.5) is 0 Å². The molecule has 19 heavy (non-hydrogen) atoms. The van der Waals surface area contributed by atoms with Crippen molar-refractivity contribution in [2.75, 3.05) is 20.1 Å². The summed E-state index contributed by atoms with van der Waals surface area (Å²) >= 11 is 0. The summed E-state index contributed by atoms with van der Waals surface area (Å²) in [6.45, 7) is 7.23. The molecule has 1 aliphatic heterocycles. The first-order valence-corrected chi connectivity index (χ1v) is 7.05. The number of carbonyl (C=O) groups is 2. The number of amides is 1. The molecule has 0 aromatic heterocycles. The zero-order valence-corrected chi connectivity index (χ0v) is 12.4. The Labute approximate surface area is 115 Å². The molecule has 0 saturated carbocycles. The van der Waals surface area contributed by atoms with E-state index in [1.165, 1.54) is 0 Å². The molecule has 0 radical (unpaired) electrons. The van der Waals surface area contributed by atoms with E-state index in [0.29, 0.717) is 18.9 Å². The number of carbonyl (C=O) groups excluding carboxylic acids is 1. The first-order chi connectivity index (χ1) is 8.82. The molecule has 1 rings (SSSR count). The van der Waals surface area contributed by atoms with Crippen LogP contribution in [0.1, 0.15) is 40.0 Å². The van der Waals surface area contributed by atoms with Crippen molar-refractivity contribution in [3.63, 3.8) is 0 Å². The van der Waals surface area contributed by atoms with Crippen LogP contribution in [0.3, 0.4) is 0 Å². The van der Waals surface area contributed by atoms with E-state index in [1.54, 1.807) is 16.8 Å². The number of likely N-dealkylation sites (N-methyl/N-ethyl adjacent to an activating group) is 1. The maximum Gasteiger partial charge on any atom is 0.320 e. The second-order valence-electron chi connectivity index (χ2n) is 5.95. The van der Waals surface area contributed by atoms with Crippen LogP contribution in [-0.2, 0) is 9.59 Å². The van der Waals surface area contributed by atoms with Gasteiger partial charge in [0.1, 0.15) is 6.04 Å². The van der Waals surface area contributed by atoms with E-state index in [9.17, 15) is 9.59 Å². The molecule has 1 N–H and O–H groups in total. The minimum Gasteiger partial charge on any atom is -0.480 e. The number of likely N-dealkylation sites (tertiary alicyclic amines) is 1. The smallest absolute Gasteiger partial charge is 0.320 e. The number of carboxylic acid groups (broad SMARTS) is 1. The Kier molecular flexibility index (Phi) is 5.79. The first-order valence-electron chi connectivity index (χ1n) is 7.05. The molecule has 1 fully saturated rings. The first kappa shape index (κ1) is 16.0. The van der Waals surface area contributed by atoms with Gasteiger partial charge in [0.25, 0.3) is 0 Å². The minimum atomic E-state index is -0.816. The maximum absolute atomic E-state index is 12.2. The van der Waals surface area contributed by atoms with E-state index in [4.69, 9.17) is 5.11 Å². The van der Waals surface area contributed by atoms with Crippen LogP contribution >= 0.6 is 0 Å². The van der Waals surface area contributed by atoms with E-state index in [0.717, 1.165) is 12.8 Å². The molecule has 5 heteroatoms. The third-order valence-electron chi connectivity index (χ3n) is 3.85. The predicted molar refractivity (Wildman–Crippen MR) is 73.9 cm³/mol. The second kappa shape index (κ2) is 6.89. The van der Waals surface area contributed by atoms with Crippen LogP contribution in [0, 0.1) is 5.92 Å². The summed E-state index contributed by atoms with van der Waals surface area (Å²) in [6.07, 6.45) is 2.47. The summed E-state index contributed by atoms with van der Waals surface area (Å²) in [6, 6.07) is -0.295. The van der Waals surface area contributed by atoms with Gasteiger partial charge in [0.2, 0.25) is 5.91 Å². The lowest BCUT2D eigenvalue weighted by Crippen LogP contribution is -2.46. The highest BCUT2D eigenvalue weighted by atomic mass is 16.4. The third-order valence-corrected chi connectivity index (χ3v) is 3.85. The number of rotatable bonds is 6. The van der Waals surface area contributed by atoms with Crippen molar-refractivity contribution in [3.05, 3.63) is 0 Å². The molecule has 1 saturated heterocycles. The maximum atomic E-state index is 12.2. The van der Waals surface area contributed by atoms with Crippen LogP contribution in [0.25, 0.3) is 0 Å². The number of aliphatic carboxylic acids is 1. The fourth-order valence-electron chi connectivity index (χ4n) is 2.67. The van der Waals surface area contributed by atoms with Crippen LogP contribution in [0.5, 0.6) is 0 Å². The minimum absolute atomic E-state index is 0.0151. The van der Waals surface area contributed by atoms with E-state index >= 15 is 0 Å². The SMILES string of the molecule is CC(C)CC(C)N(C)C(=O)CN1CCC[C@@H]1C(=O)O. The summed E-state index contributed by atoms with van der Waals surface area (Å²) in [7, 11) is 1.81. The second-order valence-corrected chi connectivity index (χ2v) is 5.95. The van der Waals surface area contributed by atoms with Gasteiger partial charge >= 0.3 is 5.97 Å². The largest absolute Gasteiger partial charge is 0.480 e. The Balaban J connectivity index is 2.52. The Hall–Kier alpha value is -1.10. The van der Waals surface area contributed by atoms with Crippen LogP contribution in [0.15, 0.2) is 0 Å². The molecule has 1 amide bonds. The fraction of sp³-hybridized carbons (Fsp3) is 0.857. The predicted octanol–water partition coefficient (Wildman–Crippen LogP) is 1.43. The molecule has 110 valence electrons. The van der Waals surface area contributed by atoms with Gasteiger partial charge in [-0.1, -0.05) is 13.8 Å². The Morgan fingerprint density at radius 2 is 2.00 bits per heavy atom. The topological polar surface area (TPSA) is 60.9 Å². The summed E-state index contributed by atoms with van der Waals surface area (Å²) in [5.74, 6) is -0.256. The highest BCUT2D eigenvalue weighted by Gasteiger charge is 2.32. The van der Waals surface area contributed by atoms with Gasteiger partial charge < -0.3 is 10.0 Å². The van der Waals surface area contributed by atoms with Crippen molar-refractivity contribution in [2.24, 2.45) is 5.92 Å². The van der Waals surface area contributed by atoms with E-state index in [2.05, 4.69) is 13.8 Å². The number of hydrogen-bond donors (Lipinski definition) is 1. The molecule has 0 bridgehead atoms. The molecule has 0 aromatic carbocycles. The molecular formula is C14H26N2O3. The van der Waals surface area contributed by atoms with Crippen molar-refractivity contribution in [2.45, 2.75) is 52.1 Å². The summed E-state index contributed by atoms with van der Waals surface area (Å²) in [5, 5.41) is 9.10. The van der Waals surface area contributed by atoms with Gasteiger partial charge in [-0.3, -0.25) is 14.5 Å². The third kappa shape index (κ3) is 4.49. The van der Waals surface area contributed by atoms with Gasteiger partial charge in [-0.2, -0.15) is 0 Å². The highest BCUT2D eigenvalue weighted by molar-refractivity contribution is 5.80. The lowest BCUT2D eigenvalue weighted by Gasteiger charge is -2.29. The Morgan fingerprint density at radius 3 is 2.53 bits per heavy atom. The monoisotopic (exact) mass is 270 g/mol. The van der Waals surface area contributed by atoms with Crippen LogP contribution in [-0.4, -0.2) is 59.0 Å². The van der Waals surface area contributed by atoms with E-state index in [1.807, 2.05) is 6.92 Å². The van der Waals surface area contributed by atoms with Gasteiger partial charge in [-0.15, -0.1) is 0 Å². The van der Waals surface area contributed by atoms with E-state index < -0.39 is 12.0 Å². The molecule has 0 spiro atoms. The van der Waals surface area contributed by atoms with Crippen LogP contribution < -0.4 is 0 Å². The number of hydrogen-bond acceptors (Lipinski definition) is 3. The zero-order valence-electron chi connectivity index (χ0n) is 12.4. The van der Waals surface area contributed by atoms with Crippen molar-refractivity contribution < 1.29 is 14.7 Å². The molecule has 0 aromatic rings. The molecule has 1 unspecified atom stereocenters. The lowest BCUT2D eigenvalue weighted by molar-refractivity contribution is -0.143. The summed E-state index contributed by atoms with van der Waals surface area (Å²) < 4.78 is 0. The van der Waals surface area contributed by atoms with Gasteiger partial charge in [0.05, 0.1) is 6.54 Å².